The molecule has 1 saturated heterocycles. The Kier molecular flexibility index (Phi) is 4.35. The number of piperidine rings is 1. The van der Waals surface area contributed by atoms with Crippen LogP contribution in [0.25, 0.3) is 0 Å². The molecule has 0 aromatic rings. The molecular formula is C10H20N2O2. The van der Waals surface area contributed by atoms with Crippen LogP contribution in [0.1, 0.15) is 20.3 Å². The van der Waals surface area contributed by atoms with Crippen molar-refractivity contribution in [2.24, 2.45) is 17.6 Å². The number of hydrogen-bond donors (Lipinski definition) is 2. The highest BCUT2D eigenvalue weighted by atomic mass is 16.5. The van der Waals surface area contributed by atoms with Crippen LogP contribution >= 0.6 is 0 Å². The van der Waals surface area contributed by atoms with Crippen LogP contribution in [0.4, 0.5) is 0 Å². The predicted octanol–water partition coefficient (Wildman–Crippen LogP) is 0.122. The van der Waals surface area contributed by atoms with E-state index >= 15 is 0 Å². The molecule has 1 amide bonds. The second-order valence-corrected chi connectivity index (χ2v) is 4.15. The number of ether oxygens (including phenoxy) is 1. The highest BCUT2D eigenvalue weighted by Gasteiger charge is 2.22. The lowest BCUT2D eigenvalue weighted by Gasteiger charge is -2.30. The lowest BCUT2D eigenvalue weighted by atomic mass is 9.97. The third kappa shape index (κ3) is 3.27. The van der Waals surface area contributed by atoms with Gasteiger partial charge in [0.25, 0.3) is 0 Å². The Labute approximate surface area is 85.2 Å². The molecule has 1 heterocycles. The average Bonchev–Trinajstić information content (AvgIpc) is 2.16. The van der Waals surface area contributed by atoms with Crippen molar-refractivity contribution in [1.82, 2.24) is 5.32 Å². The predicted molar refractivity (Wildman–Crippen MR) is 54.7 cm³/mol. The topological polar surface area (TPSA) is 64.3 Å². The van der Waals surface area contributed by atoms with E-state index in [9.17, 15) is 4.79 Å². The van der Waals surface area contributed by atoms with Gasteiger partial charge in [0.1, 0.15) is 0 Å². The number of nitrogens with two attached hydrogens (primary N) is 1. The Morgan fingerprint density at radius 2 is 2.43 bits per heavy atom. The molecule has 3 atom stereocenters. The van der Waals surface area contributed by atoms with E-state index in [2.05, 4.69) is 12.2 Å². The zero-order valence-electron chi connectivity index (χ0n) is 8.95. The van der Waals surface area contributed by atoms with Gasteiger partial charge in [-0.15, -0.1) is 0 Å². The van der Waals surface area contributed by atoms with Gasteiger partial charge in [0.2, 0.25) is 5.91 Å². The minimum absolute atomic E-state index is 0.191. The van der Waals surface area contributed by atoms with Gasteiger partial charge in [-0.3, -0.25) is 4.79 Å². The summed E-state index contributed by atoms with van der Waals surface area (Å²) in [5, 5.41) is 3.28. The van der Waals surface area contributed by atoms with Gasteiger partial charge in [0.05, 0.1) is 18.6 Å². The largest absolute Gasteiger partial charge is 0.376 e. The summed E-state index contributed by atoms with van der Waals surface area (Å²) in [5.74, 6) is 0.0851. The van der Waals surface area contributed by atoms with Crippen LogP contribution in [0.2, 0.25) is 0 Å². The first-order valence-electron chi connectivity index (χ1n) is 5.23. The maximum Gasteiger partial charge on any atom is 0.222 e. The molecule has 0 aromatic heterocycles. The molecule has 0 radical (unpaired) electrons. The van der Waals surface area contributed by atoms with Gasteiger partial charge in [-0.1, -0.05) is 13.8 Å². The Bertz CT molecular complexity index is 197. The fourth-order valence-electron chi connectivity index (χ4n) is 1.53. The van der Waals surface area contributed by atoms with Crippen molar-refractivity contribution in [2.45, 2.75) is 26.4 Å². The molecule has 1 fully saturated rings. The monoisotopic (exact) mass is 200 g/mol. The van der Waals surface area contributed by atoms with Crippen molar-refractivity contribution < 1.29 is 9.53 Å². The Morgan fingerprint density at radius 1 is 1.71 bits per heavy atom. The van der Waals surface area contributed by atoms with Crippen LogP contribution in [0, 0.1) is 11.8 Å². The second kappa shape index (κ2) is 5.32. The molecule has 0 spiro atoms. The van der Waals surface area contributed by atoms with Gasteiger partial charge in [-0.25, -0.2) is 0 Å². The summed E-state index contributed by atoms with van der Waals surface area (Å²) in [6.07, 6.45) is 1.36. The maximum atomic E-state index is 10.8. The van der Waals surface area contributed by atoms with Crippen molar-refractivity contribution in [1.29, 1.82) is 0 Å². The molecular weight excluding hydrogens is 180 g/mol. The van der Waals surface area contributed by atoms with E-state index in [1.54, 1.807) is 6.92 Å². The van der Waals surface area contributed by atoms with Crippen LogP contribution in [0.15, 0.2) is 0 Å². The van der Waals surface area contributed by atoms with E-state index in [0.717, 1.165) is 19.5 Å². The fourth-order valence-corrected chi connectivity index (χ4v) is 1.53. The zero-order chi connectivity index (χ0) is 10.6. The van der Waals surface area contributed by atoms with Crippen molar-refractivity contribution in [3.63, 3.8) is 0 Å². The summed E-state index contributed by atoms with van der Waals surface area (Å²) < 4.78 is 5.65. The fraction of sp³-hybridized carbons (Fsp3) is 0.900. The maximum absolute atomic E-state index is 10.8. The molecule has 0 bridgehead atoms. The first kappa shape index (κ1) is 11.5. The molecule has 82 valence electrons. The SMILES string of the molecule is CC(COC1CNCCC1C)C(N)=O. The highest BCUT2D eigenvalue weighted by Crippen LogP contribution is 2.15. The lowest BCUT2D eigenvalue weighted by Crippen LogP contribution is -2.42. The number of rotatable bonds is 4. The summed E-state index contributed by atoms with van der Waals surface area (Å²) >= 11 is 0. The molecule has 4 nitrogen and oxygen atoms in total. The van der Waals surface area contributed by atoms with Crippen molar-refractivity contribution >= 4 is 5.91 Å². The molecule has 4 heteroatoms. The van der Waals surface area contributed by atoms with Crippen molar-refractivity contribution in [3.05, 3.63) is 0 Å². The zero-order valence-corrected chi connectivity index (χ0v) is 8.95. The quantitative estimate of drug-likeness (QED) is 0.677. The third-order valence-corrected chi connectivity index (χ3v) is 2.80. The first-order valence-corrected chi connectivity index (χ1v) is 5.23. The van der Waals surface area contributed by atoms with E-state index in [-0.39, 0.29) is 17.9 Å². The summed E-state index contributed by atoms with van der Waals surface area (Å²) in [6, 6.07) is 0. The van der Waals surface area contributed by atoms with Crippen molar-refractivity contribution in [2.75, 3.05) is 19.7 Å². The van der Waals surface area contributed by atoms with Gasteiger partial charge in [-0.05, 0) is 18.9 Å². The standard InChI is InChI=1S/C10H20N2O2/c1-7-3-4-12-5-9(7)14-6-8(2)10(11)13/h7-9,12H,3-6H2,1-2H3,(H2,11,13). The summed E-state index contributed by atoms with van der Waals surface area (Å²) in [5.41, 5.74) is 5.15. The number of amides is 1. The van der Waals surface area contributed by atoms with Gasteiger partial charge in [0.15, 0.2) is 0 Å². The smallest absolute Gasteiger partial charge is 0.222 e. The highest BCUT2D eigenvalue weighted by molar-refractivity contribution is 5.76. The van der Waals surface area contributed by atoms with E-state index in [1.165, 1.54) is 0 Å². The Morgan fingerprint density at radius 3 is 3.00 bits per heavy atom. The van der Waals surface area contributed by atoms with Gasteiger partial charge in [0, 0.05) is 6.54 Å². The summed E-state index contributed by atoms with van der Waals surface area (Å²) in [4.78, 5) is 10.8. The summed E-state index contributed by atoms with van der Waals surface area (Å²) in [6.45, 7) is 6.36. The molecule has 1 aliphatic heterocycles. The van der Waals surface area contributed by atoms with Crippen molar-refractivity contribution in [3.8, 4) is 0 Å². The first-order chi connectivity index (χ1) is 6.61. The second-order valence-electron chi connectivity index (χ2n) is 4.15. The number of carbonyl (C=O) groups excluding carboxylic acids is 1. The molecule has 0 aromatic carbocycles. The van der Waals surface area contributed by atoms with E-state index < -0.39 is 0 Å². The van der Waals surface area contributed by atoms with Gasteiger partial charge >= 0.3 is 0 Å². The molecule has 3 N–H and O–H groups in total. The van der Waals surface area contributed by atoms with Crippen LogP contribution in [-0.2, 0) is 9.53 Å². The minimum atomic E-state index is -0.290. The molecule has 1 aliphatic rings. The van der Waals surface area contributed by atoms with Gasteiger partial charge < -0.3 is 15.8 Å². The van der Waals surface area contributed by atoms with E-state index in [0.29, 0.717) is 12.5 Å². The van der Waals surface area contributed by atoms with Crippen LogP contribution in [0.3, 0.4) is 0 Å². The Balaban J connectivity index is 2.25. The van der Waals surface area contributed by atoms with Crippen LogP contribution in [0.5, 0.6) is 0 Å². The lowest BCUT2D eigenvalue weighted by molar-refractivity contribution is -0.124. The number of primary amides is 1. The summed E-state index contributed by atoms with van der Waals surface area (Å²) in [7, 11) is 0. The molecule has 0 aliphatic carbocycles. The number of carbonyl (C=O) groups is 1. The molecule has 0 saturated carbocycles. The molecule has 3 unspecified atom stereocenters. The third-order valence-electron chi connectivity index (χ3n) is 2.80. The normalized spacial score (nSPS) is 29.9. The van der Waals surface area contributed by atoms with E-state index in [4.69, 9.17) is 10.5 Å². The van der Waals surface area contributed by atoms with Gasteiger partial charge in [-0.2, -0.15) is 0 Å². The minimum Gasteiger partial charge on any atom is -0.376 e. The Hall–Kier alpha value is -0.610. The molecule has 1 rings (SSSR count). The van der Waals surface area contributed by atoms with Crippen LogP contribution in [-0.4, -0.2) is 31.7 Å². The van der Waals surface area contributed by atoms with E-state index in [1.807, 2.05) is 0 Å². The average molecular weight is 200 g/mol. The van der Waals surface area contributed by atoms with Crippen LogP contribution < -0.4 is 11.1 Å². The molecule has 14 heavy (non-hydrogen) atoms. The number of hydrogen-bond acceptors (Lipinski definition) is 3. The number of nitrogens with one attached hydrogen (secondary N) is 1.